The van der Waals surface area contributed by atoms with E-state index >= 15 is 0 Å². The van der Waals surface area contributed by atoms with Gasteiger partial charge in [-0.25, -0.2) is 4.98 Å². The molecule has 1 saturated carbocycles. The number of hydrogen-bond acceptors (Lipinski definition) is 3. The zero-order chi connectivity index (χ0) is 10.5. The van der Waals surface area contributed by atoms with Crippen LogP contribution < -0.4 is 5.32 Å². The Kier molecular flexibility index (Phi) is 3.72. The van der Waals surface area contributed by atoms with E-state index in [1.54, 1.807) is 16.8 Å². The monoisotopic (exact) mass is 224 g/mol. The fraction of sp³-hybridized carbons (Fsp3) is 0.636. The number of aromatic nitrogens is 1. The quantitative estimate of drug-likeness (QED) is 0.856. The normalized spacial score (nSPS) is 17.6. The summed E-state index contributed by atoms with van der Waals surface area (Å²) in [6, 6.07) is 0. The van der Waals surface area contributed by atoms with Gasteiger partial charge in [-0.1, -0.05) is 19.3 Å². The molecule has 0 radical (unpaired) electrons. The zero-order valence-electron chi connectivity index (χ0n) is 8.74. The van der Waals surface area contributed by atoms with Crippen molar-refractivity contribution >= 4 is 17.2 Å². The van der Waals surface area contributed by atoms with E-state index in [0.717, 1.165) is 18.5 Å². The van der Waals surface area contributed by atoms with Crippen LogP contribution in [-0.2, 0) is 11.3 Å². The molecule has 15 heavy (non-hydrogen) atoms. The molecule has 1 aromatic heterocycles. The highest BCUT2D eigenvalue weighted by Crippen LogP contribution is 2.23. The van der Waals surface area contributed by atoms with Gasteiger partial charge in [0.25, 0.3) is 0 Å². The molecule has 0 bridgehead atoms. The third-order valence-corrected chi connectivity index (χ3v) is 3.54. The van der Waals surface area contributed by atoms with Crippen molar-refractivity contribution in [2.75, 3.05) is 0 Å². The number of carbonyl (C=O) groups is 1. The van der Waals surface area contributed by atoms with Gasteiger partial charge >= 0.3 is 0 Å². The maximum Gasteiger partial charge on any atom is 0.223 e. The zero-order valence-corrected chi connectivity index (χ0v) is 9.55. The number of nitrogens with zero attached hydrogens (tertiary/aromatic N) is 1. The van der Waals surface area contributed by atoms with Crippen LogP contribution in [0, 0.1) is 5.92 Å². The molecule has 0 unspecified atom stereocenters. The largest absolute Gasteiger partial charge is 0.350 e. The van der Waals surface area contributed by atoms with Crippen LogP contribution in [0.1, 0.15) is 37.8 Å². The number of carbonyl (C=O) groups excluding carboxylic acids is 1. The summed E-state index contributed by atoms with van der Waals surface area (Å²) in [6.07, 6.45) is 5.81. The van der Waals surface area contributed by atoms with Crippen molar-refractivity contribution < 1.29 is 4.79 Å². The van der Waals surface area contributed by atoms with Gasteiger partial charge in [0, 0.05) is 11.3 Å². The van der Waals surface area contributed by atoms with Crippen LogP contribution in [0.2, 0.25) is 0 Å². The first-order valence-electron chi connectivity index (χ1n) is 5.51. The molecule has 0 spiro atoms. The van der Waals surface area contributed by atoms with Gasteiger partial charge < -0.3 is 5.32 Å². The molecular weight excluding hydrogens is 208 g/mol. The minimum absolute atomic E-state index is 0.211. The van der Waals surface area contributed by atoms with Gasteiger partial charge in [-0.15, -0.1) is 11.3 Å². The first kappa shape index (κ1) is 10.6. The van der Waals surface area contributed by atoms with E-state index in [2.05, 4.69) is 10.3 Å². The molecule has 0 atom stereocenters. The van der Waals surface area contributed by atoms with Crippen LogP contribution in [0.25, 0.3) is 0 Å². The summed E-state index contributed by atoms with van der Waals surface area (Å²) in [5.41, 5.74) is 2.76. The number of rotatable bonds is 3. The van der Waals surface area contributed by atoms with E-state index in [1.165, 1.54) is 19.3 Å². The van der Waals surface area contributed by atoms with E-state index in [1.807, 2.05) is 5.38 Å². The Morgan fingerprint density at radius 1 is 1.47 bits per heavy atom. The molecule has 0 saturated heterocycles. The lowest BCUT2D eigenvalue weighted by molar-refractivity contribution is -0.126. The first-order chi connectivity index (χ1) is 7.36. The van der Waals surface area contributed by atoms with Gasteiger partial charge in [-0.05, 0) is 12.8 Å². The average Bonchev–Trinajstić information content (AvgIpc) is 2.80. The van der Waals surface area contributed by atoms with E-state index in [0.29, 0.717) is 6.54 Å². The van der Waals surface area contributed by atoms with Crippen molar-refractivity contribution in [3.8, 4) is 0 Å². The van der Waals surface area contributed by atoms with Crippen molar-refractivity contribution in [1.82, 2.24) is 10.3 Å². The van der Waals surface area contributed by atoms with Gasteiger partial charge in [0.05, 0.1) is 17.7 Å². The Labute approximate surface area is 93.9 Å². The third-order valence-electron chi connectivity index (χ3n) is 2.90. The molecule has 1 fully saturated rings. The Bertz CT molecular complexity index is 304. The number of hydrogen-bond donors (Lipinski definition) is 1. The van der Waals surface area contributed by atoms with Crippen LogP contribution in [0.5, 0.6) is 0 Å². The molecule has 1 aliphatic rings. The second-order valence-corrected chi connectivity index (χ2v) is 4.75. The summed E-state index contributed by atoms with van der Waals surface area (Å²) in [5, 5.41) is 4.93. The van der Waals surface area contributed by atoms with Gasteiger partial charge in [0.1, 0.15) is 0 Å². The predicted molar refractivity (Wildman–Crippen MR) is 60.5 cm³/mol. The molecular formula is C11H16N2OS. The van der Waals surface area contributed by atoms with Gasteiger partial charge in [-0.2, -0.15) is 0 Å². The lowest BCUT2D eigenvalue weighted by Crippen LogP contribution is -2.31. The smallest absolute Gasteiger partial charge is 0.223 e. The molecule has 1 N–H and O–H groups in total. The average molecular weight is 224 g/mol. The number of amides is 1. The molecule has 0 aliphatic heterocycles. The molecule has 3 nitrogen and oxygen atoms in total. The van der Waals surface area contributed by atoms with Crippen molar-refractivity contribution in [1.29, 1.82) is 0 Å². The molecule has 1 amide bonds. The molecule has 1 aromatic rings. The second-order valence-electron chi connectivity index (χ2n) is 4.03. The van der Waals surface area contributed by atoms with Crippen LogP contribution >= 0.6 is 11.3 Å². The van der Waals surface area contributed by atoms with Crippen LogP contribution in [0.3, 0.4) is 0 Å². The Morgan fingerprint density at radius 3 is 2.93 bits per heavy atom. The minimum Gasteiger partial charge on any atom is -0.350 e. The maximum absolute atomic E-state index is 11.8. The van der Waals surface area contributed by atoms with Crippen LogP contribution in [0.4, 0.5) is 0 Å². The summed E-state index contributed by atoms with van der Waals surface area (Å²) in [5.74, 6) is 0.458. The van der Waals surface area contributed by atoms with Crippen molar-refractivity contribution in [3.63, 3.8) is 0 Å². The van der Waals surface area contributed by atoms with Gasteiger partial charge in [0.15, 0.2) is 0 Å². The highest BCUT2D eigenvalue weighted by molar-refractivity contribution is 7.07. The summed E-state index contributed by atoms with van der Waals surface area (Å²) in [4.78, 5) is 15.9. The number of nitrogens with one attached hydrogen (secondary N) is 1. The molecule has 1 heterocycles. The number of thiazole rings is 1. The molecule has 1 aliphatic carbocycles. The van der Waals surface area contributed by atoms with E-state index in [-0.39, 0.29) is 11.8 Å². The highest BCUT2D eigenvalue weighted by Gasteiger charge is 2.20. The standard InChI is InChI=1S/C11H16N2OS/c14-11(9-4-2-1-3-5-9)12-6-10-7-15-8-13-10/h7-9H,1-6H2,(H,12,14). The molecule has 4 heteroatoms. The van der Waals surface area contributed by atoms with E-state index in [9.17, 15) is 4.79 Å². The fourth-order valence-corrected chi connectivity index (χ4v) is 2.57. The predicted octanol–water partition coefficient (Wildman–Crippen LogP) is 2.34. The molecule has 82 valence electrons. The van der Waals surface area contributed by atoms with Gasteiger partial charge in [-0.3, -0.25) is 4.79 Å². The first-order valence-corrected chi connectivity index (χ1v) is 6.45. The molecule has 2 rings (SSSR count). The third kappa shape index (κ3) is 3.02. The van der Waals surface area contributed by atoms with Crippen molar-refractivity contribution in [2.24, 2.45) is 5.92 Å². The van der Waals surface area contributed by atoms with Crippen LogP contribution in [-0.4, -0.2) is 10.9 Å². The Balaban J connectivity index is 1.76. The summed E-state index contributed by atoms with van der Waals surface area (Å²) in [6.45, 7) is 0.582. The Hall–Kier alpha value is -0.900. The lowest BCUT2D eigenvalue weighted by Gasteiger charge is -2.20. The molecule has 0 aromatic carbocycles. The van der Waals surface area contributed by atoms with Gasteiger partial charge in [0.2, 0.25) is 5.91 Å². The SMILES string of the molecule is O=C(NCc1cscn1)C1CCCCC1. The van der Waals surface area contributed by atoms with Crippen molar-refractivity contribution in [3.05, 3.63) is 16.6 Å². The van der Waals surface area contributed by atoms with Crippen molar-refractivity contribution in [2.45, 2.75) is 38.6 Å². The fourth-order valence-electron chi connectivity index (χ4n) is 2.01. The van der Waals surface area contributed by atoms with E-state index < -0.39 is 0 Å². The maximum atomic E-state index is 11.8. The second kappa shape index (κ2) is 5.26. The lowest BCUT2D eigenvalue weighted by atomic mass is 9.89. The van der Waals surface area contributed by atoms with E-state index in [4.69, 9.17) is 0 Å². The topological polar surface area (TPSA) is 42.0 Å². The summed E-state index contributed by atoms with van der Waals surface area (Å²) in [7, 11) is 0. The van der Waals surface area contributed by atoms with Crippen LogP contribution in [0.15, 0.2) is 10.9 Å². The Morgan fingerprint density at radius 2 is 2.27 bits per heavy atom. The summed E-state index contributed by atoms with van der Waals surface area (Å²) >= 11 is 1.56. The summed E-state index contributed by atoms with van der Waals surface area (Å²) < 4.78 is 0. The highest BCUT2D eigenvalue weighted by atomic mass is 32.1. The minimum atomic E-state index is 0.211.